The fourth-order valence-corrected chi connectivity index (χ4v) is 4.41. The molecule has 5 rings (SSSR count). The fraction of sp³-hybridized carbons (Fsp3) is 0.214. The number of carbonyl (C=O) groups is 1. The van der Waals surface area contributed by atoms with Crippen molar-refractivity contribution in [3.05, 3.63) is 108 Å². The van der Waals surface area contributed by atoms with Gasteiger partial charge in [-0.25, -0.2) is 4.68 Å². The highest BCUT2D eigenvalue weighted by molar-refractivity contribution is 5.94. The normalized spacial score (nSPS) is 14.8. The van der Waals surface area contributed by atoms with Crippen LogP contribution in [0.1, 0.15) is 28.8 Å². The number of para-hydroxylation sites is 1. The Morgan fingerprint density at radius 2 is 1.45 bits per heavy atom. The molecule has 0 atom stereocenters. The van der Waals surface area contributed by atoms with Crippen LogP contribution in [0, 0.1) is 0 Å². The van der Waals surface area contributed by atoms with E-state index in [-0.39, 0.29) is 11.9 Å². The summed E-state index contributed by atoms with van der Waals surface area (Å²) in [5.41, 5.74) is 5.16. The third-order valence-electron chi connectivity index (χ3n) is 6.21. The highest BCUT2D eigenvalue weighted by Gasteiger charge is 2.23. The van der Waals surface area contributed by atoms with Gasteiger partial charge < -0.3 is 5.32 Å². The number of hydrogen-bond acceptors (Lipinski definition) is 3. The van der Waals surface area contributed by atoms with Gasteiger partial charge in [-0.2, -0.15) is 5.10 Å². The van der Waals surface area contributed by atoms with Crippen LogP contribution in [0.25, 0.3) is 16.9 Å². The van der Waals surface area contributed by atoms with Crippen molar-refractivity contribution in [3.63, 3.8) is 0 Å². The lowest BCUT2D eigenvalue weighted by Gasteiger charge is -2.32. The van der Waals surface area contributed by atoms with E-state index >= 15 is 0 Å². The summed E-state index contributed by atoms with van der Waals surface area (Å²) in [6.07, 6.45) is 4.05. The van der Waals surface area contributed by atoms with Gasteiger partial charge in [0.05, 0.1) is 11.4 Å². The second kappa shape index (κ2) is 9.84. The number of likely N-dealkylation sites (tertiary alicyclic amines) is 1. The molecule has 1 saturated heterocycles. The third kappa shape index (κ3) is 5.04. The molecule has 1 aliphatic rings. The van der Waals surface area contributed by atoms with Crippen molar-refractivity contribution in [2.24, 2.45) is 0 Å². The van der Waals surface area contributed by atoms with Gasteiger partial charge in [0.15, 0.2) is 0 Å². The molecule has 4 aromatic rings. The van der Waals surface area contributed by atoms with E-state index in [0.717, 1.165) is 55.0 Å². The summed E-state index contributed by atoms with van der Waals surface area (Å²) in [6, 6.07) is 30.3. The summed E-state index contributed by atoms with van der Waals surface area (Å²) in [7, 11) is 0. The van der Waals surface area contributed by atoms with Gasteiger partial charge in [-0.15, -0.1) is 0 Å². The van der Waals surface area contributed by atoms with Gasteiger partial charge in [0.25, 0.3) is 5.91 Å². The van der Waals surface area contributed by atoms with E-state index in [1.807, 2.05) is 59.3 Å². The second-order valence-electron chi connectivity index (χ2n) is 8.54. The summed E-state index contributed by atoms with van der Waals surface area (Å²) in [4.78, 5) is 15.0. The van der Waals surface area contributed by atoms with Crippen LogP contribution in [0.3, 0.4) is 0 Å². The summed E-state index contributed by atoms with van der Waals surface area (Å²) in [5.74, 6) is 0.0181. The van der Waals surface area contributed by atoms with Crippen molar-refractivity contribution in [1.82, 2.24) is 20.0 Å². The third-order valence-corrected chi connectivity index (χ3v) is 6.21. The van der Waals surface area contributed by atoms with Gasteiger partial charge in [0.2, 0.25) is 0 Å². The molecule has 3 aromatic carbocycles. The maximum atomic E-state index is 12.5. The predicted molar refractivity (Wildman–Crippen MR) is 131 cm³/mol. The van der Waals surface area contributed by atoms with Crippen LogP contribution in [0.4, 0.5) is 0 Å². The molecule has 0 radical (unpaired) electrons. The first-order chi connectivity index (χ1) is 16.3. The van der Waals surface area contributed by atoms with E-state index in [4.69, 9.17) is 5.10 Å². The van der Waals surface area contributed by atoms with Crippen molar-refractivity contribution < 1.29 is 4.79 Å². The van der Waals surface area contributed by atoms with Crippen molar-refractivity contribution in [2.45, 2.75) is 25.4 Å². The summed E-state index contributed by atoms with van der Waals surface area (Å²) < 4.78 is 1.98. The van der Waals surface area contributed by atoms with Crippen LogP contribution in [0.15, 0.2) is 97.2 Å². The Morgan fingerprint density at radius 1 is 0.848 bits per heavy atom. The minimum atomic E-state index is 0.0181. The van der Waals surface area contributed by atoms with E-state index in [0.29, 0.717) is 0 Å². The molecule has 1 aliphatic heterocycles. The van der Waals surface area contributed by atoms with E-state index < -0.39 is 0 Å². The molecule has 0 spiro atoms. The van der Waals surface area contributed by atoms with Gasteiger partial charge >= 0.3 is 0 Å². The van der Waals surface area contributed by atoms with E-state index in [1.54, 1.807) is 0 Å². The number of nitrogens with one attached hydrogen (secondary N) is 1. The second-order valence-corrected chi connectivity index (χ2v) is 8.54. The zero-order valence-electron chi connectivity index (χ0n) is 18.6. The van der Waals surface area contributed by atoms with Crippen LogP contribution in [0.5, 0.6) is 0 Å². The number of carbonyl (C=O) groups excluding carboxylic acids is 1. The van der Waals surface area contributed by atoms with Crippen LogP contribution in [-0.2, 0) is 6.54 Å². The molecule has 2 heterocycles. The van der Waals surface area contributed by atoms with Crippen LogP contribution >= 0.6 is 0 Å². The standard InChI is InChI=1S/C28H28N4O/c33-28(23-12-6-2-7-13-23)29-25-16-18-31(19-17-25)20-24-21-32(26-14-8-3-9-15-26)30-27(24)22-10-4-1-5-11-22/h1-15,21,25H,16-20H2,(H,29,33). The van der Waals surface area contributed by atoms with Crippen molar-refractivity contribution >= 4 is 5.91 Å². The summed E-state index contributed by atoms with van der Waals surface area (Å²) in [6.45, 7) is 2.74. The molecule has 5 nitrogen and oxygen atoms in total. The van der Waals surface area contributed by atoms with E-state index in [1.165, 1.54) is 5.56 Å². The van der Waals surface area contributed by atoms with Gasteiger partial charge in [0, 0.05) is 48.6 Å². The number of amides is 1. The summed E-state index contributed by atoms with van der Waals surface area (Å²) in [5, 5.41) is 8.14. The Balaban J connectivity index is 1.27. The Hall–Kier alpha value is -3.70. The average Bonchev–Trinajstić information content (AvgIpc) is 3.30. The molecule has 166 valence electrons. The molecule has 33 heavy (non-hydrogen) atoms. The molecule has 1 N–H and O–H groups in total. The fourth-order valence-electron chi connectivity index (χ4n) is 4.41. The smallest absolute Gasteiger partial charge is 0.251 e. The van der Waals surface area contributed by atoms with Crippen LogP contribution in [-0.4, -0.2) is 39.7 Å². The van der Waals surface area contributed by atoms with Gasteiger partial charge in [0.1, 0.15) is 0 Å². The Kier molecular flexibility index (Phi) is 6.31. The largest absolute Gasteiger partial charge is 0.349 e. The lowest BCUT2D eigenvalue weighted by molar-refractivity contribution is 0.0909. The molecule has 0 bridgehead atoms. The Bertz CT molecular complexity index is 1180. The minimum Gasteiger partial charge on any atom is -0.349 e. The highest BCUT2D eigenvalue weighted by atomic mass is 16.1. The molecule has 0 saturated carbocycles. The van der Waals surface area contributed by atoms with Crippen molar-refractivity contribution in [1.29, 1.82) is 0 Å². The van der Waals surface area contributed by atoms with Gasteiger partial charge in [-0.1, -0.05) is 66.7 Å². The SMILES string of the molecule is O=C(NC1CCN(Cc2cn(-c3ccccc3)nc2-c2ccccc2)CC1)c1ccccc1. The molecular formula is C28H28N4O. The minimum absolute atomic E-state index is 0.0181. The molecule has 1 aromatic heterocycles. The lowest BCUT2D eigenvalue weighted by Crippen LogP contribution is -2.44. The zero-order chi connectivity index (χ0) is 22.5. The number of hydrogen-bond donors (Lipinski definition) is 1. The Morgan fingerprint density at radius 3 is 2.12 bits per heavy atom. The van der Waals surface area contributed by atoms with Gasteiger partial charge in [-0.3, -0.25) is 9.69 Å². The summed E-state index contributed by atoms with van der Waals surface area (Å²) >= 11 is 0. The predicted octanol–water partition coefficient (Wildman–Crippen LogP) is 4.93. The number of piperidine rings is 1. The molecule has 1 fully saturated rings. The molecule has 0 unspecified atom stereocenters. The number of rotatable bonds is 6. The zero-order valence-corrected chi connectivity index (χ0v) is 18.6. The Labute approximate surface area is 194 Å². The van der Waals surface area contributed by atoms with Crippen LogP contribution in [0.2, 0.25) is 0 Å². The highest BCUT2D eigenvalue weighted by Crippen LogP contribution is 2.26. The quantitative estimate of drug-likeness (QED) is 0.466. The molecule has 5 heteroatoms. The molecular weight excluding hydrogens is 408 g/mol. The monoisotopic (exact) mass is 436 g/mol. The van der Waals surface area contributed by atoms with Crippen LogP contribution < -0.4 is 5.32 Å². The topological polar surface area (TPSA) is 50.2 Å². The maximum absolute atomic E-state index is 12.5. The van der Waals surface area contributed by atoms with E-state index in [9.17, 15) is 4.79 Å². The first-order valence-electron chi connectivity index (χ1n) is 11.5. The number of nitrogens with zero attached hydrogens (tertiary/aromatic N) is 3. The molecule has 1 amide bonds. The van der Waals surface area contributed by atoms with E-state index in [2.05, 4.69) is 52.8 Å². The number of aromatic nitrogens is 2. The van der Waals surface area contributed by atoms with Crippen molar-refractivity contribution in [3.8, 4) is 16.9 Å². The van der Waals surface area contributed by atoms with Crippen molar-refractivity contribution in [2.75, 3.05) is 13.1 Å². The van der Waals surface area contributed by atoms with Gasteiger partial charge in [-0.05, 0) is 37.1 Å². The first-order valence-corrected chi connectivity index (χ1v) is 11.5. The number of benzene rings is 3. The molecule has 0 aliphatic carbocycles. The average molecular weight is 437 g/mol. The maximum Gasteiger partial charge on any atom is 0.251 e. The first kappa shape index (κ1) is 21.2. The lowest BCUT2D eigenvalue weighted by atomic mass is 10.0.